The lowest BCUT2D eigenvalue weighted by Crippen LogP contribution is -2.47. The number of hydrogen-bond donors (Lipinski definition) is 3. The van der Waals surface area contributed by atoms with Crippen LogP contribution in [-0.4, -0.2) is 24.4 Å². The van der Waals surface area contributed by atoms with Crippen molar-refractivity contribution in [3.63, 3.8) is 0 Å². The lowest BCUT2D eigenvalue weighted by molar-refractivity contribution is -0.122. The lowest BCUT2D eigenvalue weighted by Gasteiger charge is -2.23. The molecule has 1 fully saturated rings. The van der Waals surface area contributed by atoms with Gasteiger partial charge in [0.15, 0.2) is 0 Å². The minimum atomic E-state index is -0.347. The average molecular weight is 302 g/mol. The highest BCUT2D eigenvalue weighted by molar-refractivity contribution is 6.44. The zero-order valence-corrected chi connectivity index (χ0v) is 11.5. The first kappa shape index (κ1) is 14.0. The molecule has 102 valence electrons. The predicted octanol–water partition coefficient (Wildman–Crippen LogP) is 1.58. The van der Waals surface area contributed by atoms with E-state index in [2.05, 4.69) is 10.6 Å². The number of carbonyl (C=O) groups is 2. The number of rotatable bonds is 2. The van der Waals surface area contributed by atoms with Crippen LogP contribution in [0.1, 0.15) is 23.2 Å². The fraction of sp³-hybridized carbons (Fsp3) is 0.333. The summed E-state index contributed by atoms with van der Waals surface area (Å²) < 4.78 is 0. The average Bonchev–Trinajstić information content (AvgIpc) is 2.36. The number of nitrogens with two attached hydrogens (primary N) is 1. The number of nitrogen functional groups attached to an aromatic ring is 1. The molecule has 1 aliphatic rings. The molecule has 1 aliphatic heterocycles. The third-order valence-corrected chi connectivity index (χ3v) is 3.70. The molecule has 1 unspecified atom stereocenters. The normalized spacial score (nSPS) is 18.8. The molecule has 1 saturated heterocycles. The van der Waals surface area contributed by atoms with Crippen molar-refractivity contribution in [3.8, 4) is 0 Å². The lowest BCUT2D eigenvalue weighted by atomic mass is 10.1. The van der Waals surface area contributed by atoms with E-state index in [0.717, 1.165) is 0 Å². The van der Waals surface area contributed by atoms with Crippen LogP contribution in [-0.2, 0) is 4.79 Å². The van der Waals surface area contributed by atoms with Gasteiger partial charge in [-0.1, -0.05) is 23.2 Å². The van der Waals surface area contributed by atoms with Gasteiger partial charge in [0.05, 0.1) is 15.6 Å². The number of piperidine rings is 1. The van der Waals surface area contributed by atoms with E-state index >= 15 is 0 Å². The summed E-state index contributed by atoms with van der Waals surface area (Å²) in [6.45, 7) is 0.415. The molecule has 1 aromatic carbocycles. The van der Waals surface area contributed by atoms with Gasteiger partial charge in [0.2, 0.25) is 5.91 Å². The summed E-state index contributed by atoms with van der Waals surface area (Å²) in [7, 11) is 0. The van der Waals surface area contributed by atoms with Gasteiger partial charge in [0, 0.05) is 24.7 Å². The van der Waals surface area contributed by atoms with Crippen molar-refractivity contribution in [2.45, 2.75) is 18.9 Å². The topological polar surface area (TPSA) is 84.2 Å². The fourth-order valence-corrected chi connectivity index (χ4v) is 2.32. The maximum Gasteiger partial charge on any atom is 0.253 e. The number of benzene rings is 1. The van der Waals surface area contributed by atoms with E-state index in [1.807, 2.05) is 0 Å². The number of nitrogens with one attached hydrogen (secondary N) is 2. The van der Waals surface area contributed by atoms with Gasteiger partial charge < -0.3 is 16.4 Å². The highest BCUT2D eigenvalue weighted by Crippen LogP contribution is 2.28. The van der Waals surface area contributed by atoms with Gasteiger partial charge in [-0.05, 0) is 18.6 Å². The third-order valence-electron chi connectivity index (χ3n) is 2.90. The highest BCUT2D eigenvalue weighted by atomic mass is 35.5. The summed E-state index contributed by atoms with van der Waals surface area (Å²) in [5.74, 6) is -0.351. The van der Waals surface area contributed by atoms with Crippen LogP contribution in [0.5, 0.6) is 0 Å². The largest absolute Gasteiger partial charge is 0.399 e. The second kappa shape index (κ2) is 5.67. The van der Waals surface area contributed by atoms with Crippen LogP contribution in [0.25, 0.3) is 0 Å². The Balaban J connectivity index is 2.10. The molecule has 7 heteroatoms. The number of carbonyl (C=O) groups excluding carboxylic acids is 2. The Hall–Kier alpha value is -1.46. The van der Waals surface area contributed by atoms with Crippen molar-refractivity contribution in [2.75, 3.05) is 12.3 Å². The molecule has 1 aromatic rings. The molecular weight excluding hydrogens is 289 g/mol. The molecule has 4 N–H and O–H groups in total. The molecule has 1 heterocycles. The van der Waals surface area contributed by atoms with Crippen molar-refractivity contribution >= 4 is 40.7 Å². The molecular formula is C12H13Cl2N3O2. The van der Waals surface area contributed by atoms with Gasteiger partial charge in [-0.15, -0.1) is 0 Å². The molecule has 0 aromatic heterocycles. The summed E-state index contributed by atoms with van der Waals surface area (Å²) >= 11 is 11.9. The van der Waals surface area contributed by atoms with Crippen molar-refractivity contribution in [2.24, 2.45) is 0 Å². The van der Waals surface area contributed by atoms with Crippen molar-refractivity contribution in [1.29, 1.82) is 0 Å². The summed E-state index contributed by atoms with van der Waals surface area (Å²) in [5.41, 5.74) is 6.25. The van der Waals surface area contributed by atoms with Crippen molar-refractivity contribution in [1.82, 2.24) is 10.6 Å². The molecule has 0 bridgehead atoms. The Morgan fingerprint density at radius 1 is 1.42 bits per heavy atom. The molecule has 0 spiro atoms. The molecule has 0 saturated carbocycles. The Morgan fingerprint density at radius 2 is 2.16 bits per heavy atom. The molecule has 0 aliphatic carbocycles. The van der Waals surface area contributed by atoms with Crippen LogP contribution in [0, 0.1) is 0 Å². The van der Waals surface area contributed by atoms with Crippen molar-refractivity contribution in [3.05, 3.63) is 27.7 Å². The van der Waals surface area contributed by atoms with Gasteiger partial charge in [0.1, 0.15) is 0 Å². The quantitative estimate of drug-likeness (QED) is 0.725. The standard InChI is InChI=1S/C12H13Cl2N3O2/c13-9-4-6(15)3-8(11(9)14)12(19)17-7-1-2-10(18)16-5-7/h3-4,7H,1-2,5,15H2,(H,16,18)(H,17,19). The maximum atomic E-state index is 12.1. The second-order valence-electron chi connectivity index (χ2n) is 4.38. The predicted molar refractivity (Wildman–Crippen MR) is 74.4 cm³/mol. The van der Waals surface area contributed by atoms with E-state index in [1.54, 1.807) is 0 Å². The number of anilines is 1. The molecule has 0 radical (unpaired) electrons. The maximum absolute atomic E-state index is 12.1. The number of halogens is 2. The molecule has 2 amide bonds. The number of amides is 2. The minimum Gasteiger partial charge on any atom is -0.399 e. The fourth-order valence-electron chi connectivity index (χ4n) is 1.89. The van der Waals surface area contributed by atoms with Crippen molar-refractivity contribution < 1.29 is 9.59 Å². The van der Waals surface area contributed by atoms with E-state index in [0.29, 0.717) is 25.1 Å². The zero-order chi connectivity index (χ0) is 14.0. The Morgan fingerprint density at radius 3 is 2.79 bits per heavy atom. The van der Waals surface area contributed by atoms with Crippen LogP contribution >= 0.6 is 23.2 Å². The van der Waals surface area contributed by atoms with E-state index in [9.17, 15) is 9.59 Å². The van der Waals surface area contributed by atoms with E-state index in [1.165, 1.54) is 12.1 Å². The van der Waals surface area contributed by atoms with Crippen LogP contribution in [0.3, 0.4) is 0 Å². The van der Waals surface area contributed by atoms with E-state index in [-0.39, 0.29) is 33.5 Å². The van der Waals surface area contributed by atoms with Gasteiger partial charge in [-0.25, -0.2) is 0 Å². The Kier molecular flexibility index (Phi) is 4.17. The van der Waals surface area contributed by atoms with Gasteiger partial charge in [0.25, 0.3) is 5.91 Å². The SMILES string of the molecule is Nc1cc(Cl)c(Cl)c(C(=O)NC2CCC(=O)NC2)c1. The van der Waals surface area contributed by atoms with Gasteiger partial charge >= 0.3 is 0 Å². The summed E-state index contributed by atoms with van der Waals surface area (Å²) in [4.78, 5) is 23.1. The molecule has 1 atom stereocenters. The minimum absolute atomic E-state index is 0.00414. The van der Waals surface area contributed by atoms with Crippen LogP contribution in [0.2, 0.25) is 10.0 Å². The molecule has 5 nitrogen and oxygen atoms in total. The number of hydrogen-bond acceptors (Lipinski definition) is 3. The Labute approximate surface area is 120 Å². The highest BCUT2D eigenvalue weighted by Gasteiger charge is 2.22. The molecule has 2 rings (SSSR count). The van der Waals surface area contributed by atoms with Crippen LogP contribution in [0.15, 0.2) is 12.1 Å². The van der Waals surface area contributed by atoms with Crippen LogP contribution in [0.4, 0.5) is 5.69 Å². The first-order valence-corrected chi connectivity index (χ1v) is 6.55. The first-order chi connectivity index (χ1) is 8.97. The van der Waals surface area contributed by atoms with E-state index in [4.69, 9.17) is 28.9 Å². The monoisotopic (exact) mass is 301 g/mol. The molecule has 19 heavy (non-hydrogen) atoms. The zero-order valence-electron chi connectivity index (χ0n) is 10.0. The first-order valence-electron chi connectivity index (χ1n) is 5.79. The second-order valence-corrected chi connectivity index (χ2v) is 5.16. The Bertz CT molecular complexity index is 524. The van der Waals surface area contributed by atoms with Gasteiger partial charge in [-0.3, -0.25) is 9.59 Å². The summed E-state index contributed by atoms with van der Waals surface area (Å²) in [5, 5.41) is 5.90. The van der Waals surface area contributed by atoms with Gasteiger partial charge in [-0.2, -0.15) is 0 Å². The smallest absolute Gasteiger partial charge is 0.253 e. The summed E-state index contributed by atoms with van der Waals surface area (Å²) in [6, 6.07) is 2.85. The third kappa shape index (κ3) is 3.30. The van der Waals surface area contributed by atoms with E-state index < -0.39 is 0 Å². The summed E-state index contributed by atoms with van der Waals surface area (Å²) in [6.07, 6.45) is 1.00. The van der Waals surface area contributed by atoms with Crippen LogP contribution < -0.4 is 16.4 Å².